The summed E-state index contributed by atoms with van der Waals surface area (Å²) in [6.45, 7) is 10.5. The van der Waals surface area contributed by atoms with Crippen LogP contribution in [0.15, 0.2) is 38.0 Å². The first-order valence-corrected chi connectivity index (χ1v) is 6.27. The highest BCUT2D eigenvalue weighted by Gasteiger charge is 2.64. The second-order valence-corrected chi connectivity index (χ2v) is 4.07. The van der Waals surface area contributed by atoms with Crippen LogP contribution < -0.4 is 0 Å². The maximum absolute atomic E-state index is 11.5. The van der Waals surface area contributed by atoms with Crippen LogP contribution in [0, 0.1) is 0 Å². The molecule has 0 saturated heterocycles. The normalized spacial score (nSPS) is 13.4. The van der Waals surface area contributed by atoms with E-state index in [0.717, 1.165) is 0 Å². The minimum atomic E-state index is -3.37. The maximum Gasteiger partial charge on any atom is 0.421 e. The zero-order chi connectivity index (χ0) is 18.3. The van der Waals surface area contributed by atoms with Crippen LogP contribution in [0.4, 0.5) is 0 Å². The molecule has 128 valence electrons. The zero-order valence-electron chi connectivity index (χ0n) is 12.4. The molecule has 0 aliphatic rings. The topological polar surface area (TPSA) is 140 Å². The Bertz CT molecular complexity index is 486. The van der Waals surface area contributed by atoms with E-state index in [2.05, 4.69) is 29.2 Å². The molecule has 0 aromatic rings. The molecule has 0 rings (SSSR count). The van der Waals surface area contributed by atoms with E-state index in [9.17, 15) is 29.7 Å². The van der Waals surface area contributed by atoms with Crippen LogP contribution in [0.25, 0.3) is 0 Å². The van der Waals surface area contributed by atoms with Crippen molar-refractivity contribution in [3.63, 3.8) is 0 Å². The summed E-state index contributed by atoms with van der Waals surface area (Å²) in [5.41, 5.74) is -2.75. The Hall–Kier alpha value is -2.49. The molecule has 9 nitrogen and oxygen atoms in total. The molecule has 3 N–H and O–H groups in total. The van der Waals surface area contributed by atoms with E-state index < -0.39 is 42.2 Å². The van der Waals surface area contributed by atoms with Crippen molar-refractivity contribution in [2.24, 2.45) is 0 Å². The number of aliphatic hydroxyl groups excluding tert-OH is 1. The number of carbonyl (C=O) groups is 3. The Morgan fingerprint density at radius 1 is 0.957 bits per heavy atom. The predicted molar refractivity (Wildman–Crippen MR) is 75.1 cm³/mol. The van der Waals surface area contributed by atoms with E-state index >= 15 is 0 Å². The molecular weight excluding hydrogens is 312 g/mol. The number of hydrogen-bond donors (Lipinski definition) is 3. The second kappa shape index (κ2) is 8.22. The Labute approximate surface area is 132 Å². The van der Waals surface area contributed by atoms with Crippen molar-refractivity contribution in [3.05, 3.63) is 38.0 Å². The van der Waals surface area contributed by atoms with Crippen molar-refractivity contribution in [1.82, 2.24) is 0 Å². The van der Waals surface area contributed by atoms with E-state index in [1.54, 1.807) is 0 Å². The van der Waals surface area contributed by atoms with Crippen molar-refractivity contribution in [2.45, 2.75) is 31.2 Å². The molecule has 0 aliphatic carbocycles. The van der Waals surface area contributed by atoms with Gasteiger partial charge in [0.25, 0.3) is 5.60 Å². The summed E-state index contributed by atoms with van der Waals surface area (Å²) in [5.74, 6) is -7.16. The van der Waals surface area contributed by atoms with Crippen molar-refractivity contribution in [3.8, 4) is 0 Å². The number of aliphatic hydroxyl groups is 3. The Kier molecular flexibility index (Phi) is 7.33. The van der Waals surface area contributed by atoms with Crippen LogP contribution >= 0.6 is 0 Å². The number of esters is 3. The third kappa shape index (κ3) is 4.49. The summed E-state index contributed by atoms with van der Waals surface area (Å²) < 4.78 is 13.7. The average molecular weight is 330 g/mol. The molecule has 0 saturated carbocycles. The molecule has 0 aromatic heterocycles. The molecule has 0 amide bonds. The molecule has 1 atom stereocenters. The molecule has 9 heteroatoms. The van der Waals surface area contributed by atoms with Gasteiger partial charge in [0, 0.05) is 24.6 Å². The fourth-order valence-corrected chi connectivity index (χ4v) is 1.53. The summed E-state index contributed by atoms with van der Waals surface area (Å²) >= 11 is 0. The SMILES string of the molecule is C=CC(=O)OC(O)(OC(=O)C=C)C(CC)(OC(=O)C=C)C(O)O. The van der Waals surface area contributed by atoms with Gasteiger partial charge in [0.2, 0.25) is 6.29 Å². The van der Waals surface area contributed by atoms with Crippen LogP contribution in [-0.2, 0) is 28.6 Å². The van der Waals surface area contributed by atoms with E-state index in [-0.39, 0.29) is 0 Å². The quantitative estimate of drug-likeness (QED) is 0.284. The maximum atomic E-state index is 11.5. The minimum Gasteiger partial charge on any atom is -0.439 e. The third-order valence-electron chi connectivity index (χ3n) is 2.74. The van der Waals surface area contributed by atoms with E-state index in [1.165, 1.54) is 6.92 Å². The standard InChI is InChI=1S/C14H18O9/c1-5-9(15)21-13(8-4,12(18)19)14(20,22-10(16)6-2)23-11(17)7-3/h5-7,12,18-20H,1-3,8H2,4H3. The second-order valence-electron chi connectivity index (χ2n) is 4.07. The molecule has 0 heterocycles. The molecular formula is C14H18O9. The van der Waals surface area contributed by atoms with E-state index in [1.807, 2.05) is 0 Å². The smallest absolute Gasteiger partial charge is 0.421 e. The lowest BCUT2D eigenvalue weighted by atomic mass is 9.95. The highest BCUT2D eigenvalue weighted by Crippen LogP contribution is 2.36. The molecule has 1 unspecified atom stereocenters. The van der Waals surface area contributed by atoms with Crippen molar-refractivity contribution >= 4 is 17.9 Å². The lowest BCUT2D eigenvalue weighted by molar-refractivity contribution is -0.420. The Morgan fingerprint density at radius 3 is 1.57 bits per heavy atom. The predicted octanol–water partition coefficient (Wildman–Crippen LogP) is -0.720. The number of carbonyl (C=O) groups excluding carboxylic acids is 3. The summed E-state index contributed by atoms with van der Waals surface area (Å²) in [4.78, 5) is 34.2. The van der Waals surface area contributed by atoms with Gasteiger partial charge in [-0.15, -0.1) is 0 Å². The first-order chi connectivity index (χ1) is 10.6. The van der Waals surface area contributed by atoms with Crippen LogP contribution in [0.2, 0.25) is 0 Å². The van der Waals surface area contributed by atoms with Gasteiger partial charge in [-0.05, 0) is 0 Å². The molecule has 23 heavy (non-hydrogen) atoms. The van der Waals surface area contributed by atoms with Gasteiger partial charge in [0.05, 0.1) is 0 Å². The number of ether oxygens (including phenoxy) is 3. The van der Waals surface area contributed by atoms with Crippen LogP contribution in [-0.4, -0.2) is 51.1 Å². The van der Waals surface area contributed by atoms with Crippen LogP contribution in [0.3, 0.4) is 0 Å². The molecule has 0 aromatic carbocycles. The van der Waals surface area contributed by atoms with Gasteiger partial charge in [-0.3, -0.25) is 0 Å². The monoisotopic (exact) mass is 330 g/mol. The molecule has 0 fully saturated rings. The van der Waals surface area contributed by atoms with Crippen LogP contribution in [0.5, 0.6) is 0 Å². The van der Waals surface area contributed by atoms with Gasteiger partial charge in [0.1, 0.15) is 0 Å². The van der Waals surface area contributed by atoms with Gasteiger partial charge in [-0.2, -0.15) is 0 Å². The van der Waals surface area contributed by atoms with Gasteiger partial charge in [-0.1, -0.05) is 26.7 Å². The fourth-order valence-electron chi connectivity index (χ4n) is 1.53. The van der Waals surface area contributed by atoms with E-state index in [0.29, 0.717) is 18.2 Å². The largest absolute Gasteiger partial charge is 0.439 e. The summed E-state index contributed by atoms with van der Waals surface area (Å²) in [6, 6.07) is 0. The number of hydrogen-bond acceptors (Lipinski definition) is 9. The van der Waals surface area contributed by atoms with Crippen molar-refractivity contribution in [2.75, 3.05) is 0 Å². The van der Waals surface area contributed by atoms with Gasteiger partial charge in [0.15, 0.2) is 0 Å². The summed E-state index contributed by atoms with van der Waals surface area (Å²) in [5, 5.41) is 29.6. The first kappa shape index (κ1) is 20.5. The molecule has 0 bridgehead atoms. The van der Waals surface area contributed by atoms with Crippen molar-refractivity contribution < 1.29 is 43.9 Å². The Morgan fingerprint density at radius 2 is 1.30 bits per heavy atom. The van der Waals surface area contributed by atoms with Gasteiger partial charge >= 0.3 is 23.9 Å². The molecule has 0 spiro atoms. The third-order valence-corrected chi connectivity index (χ3v) is 2.74. The summed E-state index contributed by atoms with van der Waals surface area (Å²) in [6.07, 6.45) is -1.28. The average Bonchev–Trinajstić information content (AvgIpc) is 2.51. The summed E-state index contributed by atoms with van der Waals surface area (Å²) in [7, 11) is 0. The van der Waals surface area contributed by atoms with Crippen molar-refractivity contribution in [1.29, 1.82) is 0 Å². The highest BCUT2D eigenvalue weighted by atomic mass is 16.9. The number of rotatable bonds is 9. The first-order valence-electron chi connectivity index (χ1n) is 6.27. The molecule has 0 aliphatic heterocycles. The zero-order valence-corrected chi connectivity index (χ0v) is 12.4. The lowest BCUT2D eigenvalue weighted by Gasteiger charge is -2.42. The lowest BCUT2D eigenvalue weighted by Crippen LogP contribution is -2.66. The minimum absolute atomic E-state index is 0.532. The fraction of sp³-hybridized carbons (Fsp3) is 0.357. The highest BCUT2D eigenvalue weighted by molar-refractivity contribution is 5.84. The van der Waals surface area contributed by atoms with Crippen LogP contribution in [0.1, 0.15) is 13.3 Å². The van der Waals surface area contributed by atoms with Gasteiger partial charge in [-0.25, -0.2) is 14.4 Å². The molecule has 0 radical (unpaired) electrons. The van der Waals surface area contributed by atoms with Gasteiger partial charge < -0.3 is 29.5 Å². The Balaban J connectivity index is 6.15. The van der Waals surface area contributed by atoms with E-state index in [4.69, 9.17) is 4.74 Å².